The van der Waals surface area contributed by atoms with Crippen molar-refractivity contribution in [3.63, 3.8) is 0 Å². The van der Waals surface area contributed by atoms with E-state index < -0.39 is 5.97 Å². The van der Waals surface area contributed by atoms with Crippen LogP contribution in [0, 0.1) is 0 Å². The van der Waals surface area contributed by atoms with Crippen molar-refractivity contribution in [1.82, 2.24) is 5.32 Å². The second-order valence-electron chi connectivity index (χ2n) is 5.24. The summed E-state index contributed by atoms with van der Waals surface area (Å²) in [7, 11) is 4.39. The molecule has 0 atom stereocenters. The summed E-state index contributed by atoms with van der Waals surface area (Å²) in [5.41, 5.74) is 1.12. The predicted octanol–water partition coefficient (Wildman–Crippen LogP) is 2.19. The molecule has 0 aliphatic heterocycles. The third-order valence-corrected chi connectivity index (χ3v) is 3.59. The lowest BCUT2D eigenvalue weighted by Crippen LogP contribution is -2.28. The molecule has 138 valence electrons. The van der Waals surface area contributed by atoms with E-state index in [-0.39, 0.29) is 18.1 Å². The molecule has 0 saturated heterocycles. The van der Waals surface area contributed by atoms with Crippen molar-refractivity contribution in [2.75, 3.05) is 27.9 Å². The first kappa shape index (κ1) is 19.1. The number of carbonyl (C=O) groups is 2. The number of para-hydroxylation sites is 1. The maximum Gasteiger partial charge on any atom is 0.341 e. The maximum atomic E-state index is 12.0. The summed E-state index contributed by atoms with van der Waals surface area (Å²) >= 11 is 0. The molecule has 26 heavy (non-hydrogen) atoms. The largest absolute Gasteiger partial charge is 0.493 e. The molecule has 0 unspecified atom stereocenters. The Kier molecular flexibility index (Phi) is 6.84. The zero-order valence-corrected chi connectivity index (χ0v) is 14.9. The molecule has 1 amide bonds. The zero-order valence-electron chi connectivity index (χ0n) is 14.9. The number of hydrogen-bond donors (Lipinski definition) is 1. The van der Waals surface area contributed by atoms with Gasteiger partial charge in [-0.2, -0.15) is 0 Å². The highest BCUT2D eigenvalue weighted by molar-refractivity contribution is 5.92. The number of methoxy groups -OCH3 is 3. The fraction of sp³-hybridized carbons (Fsp3) is 0.263. The molecule has 0 aromatic heterocycles. The third-order valence-electron chi connectivity index (χ3n) is 3.59. The monoisotopic (exact) mass is 359 g/mol. The van der Waals surface area contributed by atoms with Gasteiger partial charge in [0, 0.05) is 6.54 Å². The molecule has 0 bridgehead atoms. The minimum absolute atomic E-state index is 0.221. The van der Waals surface area contributed by atoms with Gasteiger partial charge in [0.1, 0.15) is 11.3 Å². The number of rotatable bonds is 8. The van der Waals surface area contributed by atoms with Gasteiger partial charge in [-0.25, -0.2) is 4.79 Å². The van der Waals surface area contributed by atoms with Crippen LogP contribution in [0.25, 0.3) is 0 Å². The van der Waals surface area contributed by atoms with Crippen LogP contribution in [0.2, 0.25) is 0 Å². The zero-order chi connectivity index (χ0) is 18.9. The van der Waals surface area contributed by atoms with Crippen LogP contribution in [0.15, 0.2) is 42.5 Å². The number of amides is 1. The number of ether oxygens (including phenoxy) is 4. The molecule has 0 aliphatic rings. The van der Waals surface area contributed by atoms with E-state index in [0.717, 1.165) is 5.56 Å². The summed E-state index contributed by atoms with van der Waals surface area (Å²) in [6, 6.07) is 12.0. The summed E-state index contributed by atoms with van der Waals surface area (Å²) in [4.78, 5) is 23.7. The first-order valence-corrected chi connectivity index (χ1v) is 7.86. The molecule has 0 saturated carbocycles. The summed E-state index contributed by atoms with van der Waals surface area (Å²) in [6.45, 7) is 0.0858. The van der Waals surface area contributed by atoms with Crippen molar-refractivity contribution in [2.24, 2.45) is 0 Å². The Morgan fingerprint density at radius 2 is 1.65 bits per heavy atom. The highest BCUT2D eigenvalue weighted by Gasteiger charge is 2.13. The van der Waals surface area contributed by atoms with E-state index in [2.05, 4.69) is 10.1 Å². The van der Waals surface area contributed by atoms with E-state index in [4.69, 9.17) is 14.2 Å². The van der Waals surface area contributed by atoms with E-state index >= 15 is 0 Å². The third kappa shape index (κ3) is 4.89. The van der Waals surface area contributed by atoms with E-state index in [1.807, 2.05) is 6.07 Å². The van der Waals surface area contributed by atoms with Gasteiger partial charge < -0.3 is 24.3 Å². The standard InChI is InChI=1S/C19H21NO6/c1-23-16-9-8-13(10-17(16)24-2)11-20-18(21)12-26-15-7-5-4-6-14(15)19(22)25-3/h4-10H,11-12H2,1-3H3,(H,20,21). The molecule has 1 N–H and O–H groups in total. The van der Waals surface area contributed by atoms with Gasteiger partial charge >= 0.3 is 5.97 Å². The average Bonchev–Trinajstić information content (AvgIpc) is 2.69. The van der Waals surface area contributed by atoms with E-state index in [9.17, 15) is 9.59 Å². The number of benzene rings is 2. The van der Waals surface area contributed by atoms with Crippen molar-refractivity contribution in [2.45, 2.75) is 6.54 Å². The number of esters is 1. The van der Waals surface area contributed by atoms with Gasteiger partial charge in [0.15, 0.2) is 18.1 Å². The van der Waals surface area contributed by atoms with Gasteiger partial charge in [0.2, 0.25) is 0 Å². The Hall–Kier alpha value is -3.22. The number of carbonyl (C=O) groups excluding carboxylic acids is 2. The highest BCUT2D eigenvalue weighted by atomic mass is 16.5. The van der Waals surface area contributed by atoms with Gasteiger partial charge in [-0.15, -0.1) is 0 Å². The summed E-state index contributed by atoms with van der Waals surface area (Å²) in [5, 5.41) is 2.74. The lowest BCUT2D eigenvalue weighted by atomic mass is 10.2. The quantitative estimate of drug-likeness (QED) is 0.728. The first-order chi connectivity index (χ1) is 12.6. The number of nitrogens with one attached hydrogen (secondary N) is 1. The molecule has 2 aromatic carbocycles. The summed E-state index contributed by atoms with van der Waals surface area (Å²) in [5.74, 6) is 0.652. The normalized spacial score (nSPS) is 9.96. The molecule has 2 aromatic rings. The van der Waals surface area contributed by atoms with Crippen molar-refractivity contribution >= 4 is 11.9 Å². The van der Waals surface area contributed by atoms with Crippen LogP contribution in [-0.4, -0.2) is 39.8 Å². The fourth-order valence-electron chi connectivity index (χ4n) is 2.26. The second-order valence-corrected chi connectivity index (χ2v) is 5.24. The smallest absolute Gasteiger partial charge is 0.341 e. The van der Waals surface area contributed by atoms with Crippen LogP contribution in [-0.2, 0) is 16.1 Å². The van der Waals surface area contributed by atoms with Gasteiger partial charge in [-0.05, 0) is 29.8 Å². The molecule has 7 nitrogen and oxygen atoms in total. The van der Waals surface area contributed by atoms with Crippen molar-refractivity contribution < 1.29 is 28.5 Å². The van der Waals surface area contributed by atoms with Crippen LogP contribution in [0.1, 0.15) is 15.9 Å². The second kappa shape index (κ2) is 9.31. The summed E-state index contributed by atoms with van der Waals surface area (Å²) in [6.07, 6.45) is 0. The first-order valence-electron chi connectivity index (χ1n) is 7.86. The minimum Gasteiger partial charge on any atom is -0.493 e. The minimum atomic E-state index is -0.522. The Bertz CT molecular complexity index is 774. The molecule has 2 rings (SSSR count). The van der Waals surface area contributed by atoms with Crippen molar-refractivity contribution in [1.29, 1.82) is 0 Å². The molecule has 0 aliphatic carbocycles. The molecule has 0 heterocycles. The highest BCUT2D eigenvalue weighted by Crippen LogP contribution is 2.27. The van der Waals surface area contributed by atoms with Crippen molar-refractivity contribution in [3.8, 4) is 17.2 Å². The van der Waals surface area contributed by atoms with Crippen LogP contribution >= 0.6 is 0 Å². The van der Waals surface area contributed by atoms with Crippen LogP contribution < -0.4 is 19.5 Å². The summed E-state index contributed by atoms with van der Waals surface area (Å²) < 4.78 is 20.5. The molecular formula is C19H21NO6. The maximum absolute atomic E-state index is 12.0. The molecule has 0 fully saturated rings. The average molecular weight is 359 g/mol. The molecule has 0 spiro atoms. The molecule has 7 heteroatoms. The molecular weight excluding hydrogens is 338 g/mol. The topological polar surface area (TPSA) is 83.1 Å². The lowest BCUT2D eigenvalue weighted by molar-refractivity contribution is -0.123. The molecule has 0 radical (unpaired) electrons. The van der Waals surface area contributed by atoms with Crippen molar-refractivity contribution in [3.05, 3.63) is 53.6 Å². The Labute approximate surface area is 151 Å². The van der Waals surface area contributed by atoms with Crippen LogP contribution in [0.5, 0.6) is 17.2 Å². The Balaban J connectivity index is 1.91. The fourth-order valence-corrected chi connectivity index (χ4v) is 2.26. The Morgan fingerprint density at radius 3 is 2.35 bits per heavy atom. The van der Waals surface area contributed by atoms with Gasteiger partial charge in [0.05, 0.1) is 21.3 Å². The number of hydrogen-bond acceptors (Lipinski definition) is 6. The SMILES string of the molecule is COC(=O)c1ccccc1OCC(=O)NCc1ccc(OC)c(OC)c1. The lowest BCUT2D eigenvalue weighted by Gasteiger charge is -2.12. The van der Waals surface area contributed by atoms with Gasteiger partial charge in [-0.1, -0.05) is 18.2 Å². The van der Waals surface area contributed by atoms with E-state index in [1.165, 1.54) is 7.11 Å². The van der Waals surface area contributed by atoms with Crippen LogP contribution in [0.3, 0.4) is 0 Å². The van der Waals surface area contributed by atoms with E-state index in [1.54, 1.807) is 50.6 Å². The predicted molar refractivity (Wildman–Crippen MR) is 94.7 cm³/mol. The van der Waals surface area contributed by atoms with Crippen LogP contribution in [0.4, 0.5) is 0 Å². The van der Waals surface area contributed by atoms with E-state index in [0.29, 0.717) is 23.8 Å². The van der Waals surface area contributed by atoms with Gasteiger partial charge in [-0.3, -0.25) is 4.79 Å². The Morgan fingerprint density at radius 1 is 0.923 bits per heavy atom. The van der Waals surface area contributed by atoms with Gasteiger partial charge in [0.25, 0.3) is 5.91 Å².